The molecule has 4 rings (SSSR count). The van der Waals surface area contributed by atoms with Gasteiger partial charge in [0, 0.05) is 11.3 Å². The number of benzene rings is 3. The van der Waals surface area contributed by atoms with Crippen molar-refractivity contribution in [3.8, 4) is 5.75 Å². The molecule has 5 nitrogen and oxygen atoms in total. The molecule has 0 aliphatic carbocycles. The number of anilines is 2. The van der Waals surface area contributed by atoms with Gasteiger partial charge in [0.25, 0.3) is 11.8 Å². The predicted octanol–water partition coefficient (Wildman–Crippen LogP) is 4.67. The van der Waals surface area contributed by atoms with Crippen LogP contribution in [0.25, 0.3) is 0 Å². The summed E-state index contributed by atoms with van der Waals surface area (Å²) in [4.78, 5) is 26.7. The van der Waals surface area contributed by atoms with Crippen LogP contribution < -0.4 is 15.0 Å². The standard InChI is InChI=1S/C23H17F3N2O3/c1-13-23(30)28(12-14-2-5-16(24)6-3-14)20-11-17(7-9-21(20)31-13)27-22(29)15-4-8-18(25)19(26)10-15/h2-11,13H,12H2,1H3,(H,27,29). The number of nitrogens with one attached hydrogen (secondary N) is 1. The fourth-order valence-electron chi connectivity index (χ4n) is 3.26. The first-order valence-corrected chi connectivity index (χ1v) is 9.45. The molecule has 3 aromatic carbocycles. The SMILES string of the molecule is CC1Oc2ccc(NC(=O)c3ccc(F)c(F)c3)cc2N(Cc2ccc(F)cc2)C1=O. The minimum Gasteiger partial charge on any atom is -0.479 e. The lowest BCUT2D eigenvalue weighted by molar-refractivity contribution is -0.125. The van der Waals surface area contributed by atoms with Crippen molar-refractivity contribution in [3.05, 3.63) is 89.2 Å². The number of nitrogens with zero attached hydrogens (tertiary/aromatic N) is 1. The predicted molar refractivity (Wildman–Crippen MR) is 108 cm³/mol. The first kappa shape index (κ1) is 20.5. The smallest absolute Gasteiger partial charge is 0.268 e. The normalized spacial score (nSPS) is 15.3. The Hall–Kier alpha value is -3.81. The van der Waals surface area contributed by atoms with Crippen LogP contribution in [0.2, 0.25) is 0 Å². The van der Waals surface area contributed by atoms with Crippen LogP contribution in [-0.4, -0.2) is 17.9 Å². The molecule has 1 atom stereocenters. The van der Waals surface area contributed by atoms with Gasteiger partial charge >= 0.3 is 0 Å². The zero-order chi connectivity index (χ0) is 22.1. The number of carbonyl (C=O) groups excluding carboxylic acids is 2. The first-order valence-electron chi connectivity index (χ1n) is 9.45. The maximum atomic E-state index is 13.4. The summed E-state index contributed by atoms with van der Waals surface area (Å²) in [5.41, 5.74) is 1.42. The molecule has 0 radical (unpaired) electrons. The Labute approximate surface area is 176 Å². The Morgan fingerprint density at radius 1 is 1.00 bits per heavy atom. The van der Waals surface area contributed by atoms with Crippen LogP contribution in [0.15, 0.2) is 60.7 Å². The van der Waals surface area contributed by atoms with E-state index in [-0.39, 0.29) is 23.8 Å². The molecule has 0 aromatic heterocycles. The molecule has 158 valence electrons. The Kier molecular flexibility index (Phi) is 5.37. The van der Waals surface area contributed by atoms with E-state index in [0.717, 1.165) is 12.1 Å². The Morgan fingerprint density at radius 2 is 1.74 bits per heavy atom. The minimum atomic E-state index is -1.13. The number of carbonyl (C=O) groups is 2. The van der Waals surface area contributed by atoms with Crippen molar-refractivity contribution in [1.82, 2.24) is 0 Å². The van der Waals surface area contributed by atoms with Crippen molar-refractivity contribution < 1.29 is 27.5 Å². The molecule has 3 aromatic rings. The summed E-state index contributed by atoms with van der Waals surface area (Å²) < 4.78 is 45.4. The molecule has 0 bridgehead atoms. The second-order valence-electron chi connectivity index (χ2n) is 7.08. The Bertz CT molecular complexity index is 1170. The number of ether oxygens (including phenoxy) is 1. The topological polar surface area (TPSA) is 58.6 Å². The van der Waals surface area contributed by atoms with E-state index < -0.39 is 23.6 Å². The fourth-order valence-corrected chi connectivity index (χ4v) is 3.26. The van der Waals surface area contributed by atoms with E-state index in [2.05, 4.69) is 5.32 Å². The summed E-state index contributed by atoms with van der Waals surface area (Å²) in [6.07, 6.45) is -0.712. The van der Waals surface area contributed by atoms with Crippen molar-refractivity contribution in [2.75, 3.05) is 10.2 Å². The lowest BCUT2D eigenvalue weighted by Gasteiger charge is -2.33. The molecular weight excluding hydrogens is 409 g/mol. The third-order valence-corrected chi connectivity index (χ3v) is 4.86. The van der Waals surface area contributed by atoms with Gasteiger partial charge < -0.3 is 15.0 Å². The molecule has 1 heterocycles. The molecule has 8 heteroatoms. The quantitative estimate of drug-likeness (QED) is 0.660. The van der Waals surface area contributed by atoms with E-state index in [1.807, 2.05) is 0 Å². The third kappa shape index (κ3) is 4.23. The molecular formula is C23H17F3N2O3. The van der Waals surface area contributed by atoms with Gasteiger partial charge in [-0.25, -0.2) is 13.2 Å². The van der Waals surface area contributed by atoms with Gasteiger partial charge in [-0.1, -0.05) is 12.1 Å². The molecule has 1 N–H and O–H groups in total. The molecule has 1 unspecified atom stereocenters. The highest BCUT2D eigenvalue weighted by atomic mass is 19.2. The van der Waals surface area contributed by atoms with E-state index in [1.54, 1.807) is 37.3 Å². The molecule has 1 aliphatic heterocycles. The highest BCUT2D eigenvalue weighted by Crippen LogP contribution is 2.37. The van der Waals surface area contributed by atoms with E-state index in [4.69, 9.17) is 4.74 Å². The number of hydrogen-bond acceptors (Lipinski definition) is 3. The van der Waals surface area contributed by atoms with Gasteiger partial charge in [-0.3, -0.25) is 9.59 Å². The summed E-state index contributed by atoms with van der Waals surface area (Å²) in [5.74, 6) is -3.04. The van der Waals surface area contributed by atoms with Gasteiger partial charge in [-0.05, 0) is 61.0 Å². The number of rotatable bonds is 4. The molecule has 0 saturated heterocycles. The van der Waals surface area contributed by atoms with Crippen LogP contribution in [0, 0.1) is 17.5 Å². The Morgan fingerprint density at radius 3 is 2.45 bits per heavy atom. The summed E-state index contributed by atoms with van der Waals surface area (Å²) in [6.45, 7) is 1.81. The molecule has 2 amide bonds. The summed E-state index contributed by atoms with van der Waals surface area (Å²) in [6, 6.07) is 13.4. The fraction of sp³-hybridized carbons (Fsp3) is 0.130. The van der Waals surface area contributed by atoms with Crippen LogP contribution in [0.1, 0.15) is 22.8 Å². The van der Waals surface area contributed by atoms with E-state index in [0.29, 0.717) is 22.7 Å². The second-order valence-corrected chi connectivity index (χ2v) is 7.08. The zero-order valence-corrected chi connectivity index (χ0v) is 16.4. The Balaban J connectivity index is 1.62. The van der Waals surface area contributed by atoms with E-state index >= 15 is 0 Å². The maximum Gasteiger partial charge on any atom is 0.268 e. The maximum absolute atomic E-state index is 13.4. The number of amides is 2. The molecule has 0 spiro atoms. The lowest BCUT2D eigenvalue weighted by atomic mass is 10.1. The average molecular weight is 426 g/mol. The summed E-state index contributed by atoms with van der Waals surface area (Å²) >= 11 is 0. The van der Waals surface area contributed by atoms with Gasteiger partial charge in [0.2, 0.25) is 0 Å². The van der Waals surface area contributed by atoms with Crippen LogP contribution in [0.4, 0.5) is 24.5 Å². The van der Waals surface area contributed by atoms with Crippen LogP contribution in [0.5, 0.6) is 5.75 Å². The lowest BCUT2D eigenvalue weighted by Crippen LogP contribution is -2.44. The van der Waals surface area contributed by atoms with Gasteiger partial charge in [-0.15, -0.1) is 0 Å². The molecule has 0 saturated carbocycles. The van der Waals surface area contributed by atoms with Gasteiger partial charge in [0.1, 0.15) is 11.6 Å². The van der Waals surface area contributed by atoms with Crippen molar-refractivity contribution in [3.63, 3.8) is 0 Å². The van der Waals surface area contributed by atoms with Gasteiger partial charge in [0.05, 0.1) is 12.2 Å². The largest absolute Gasteiger partial charge is 0.479 e. The van der Waals surface area contributed by atoms with E-state index in [1.165, 1.54) is 23.1 Å². The number of fused-ring (bicyclic) bond motifs is 1. The average Bonchev–Trinajstić information content (AvgIpc) is 2.75. The molecule has 1 aliphatic rings. The van der Waals surface area contributed by atoms with Gasteiger partial charge in [-0.2, -0.15) is 0 Å². The van der Waals surface area contributed by atoms with Crippen LogP contribution >= 0.6 is 0 Å². The molecule has 0 fully saturated rings. The summed E-state index contributed by atoms with van der Waals surface area (Å²) in [5, 5.41) is 2.60. The minimum absolute atomic E-state index is 0.0549. The van der Waals surface area contributed by atoms with Crippen molar-refractivity contribution in [1.29, 1.82) is 0 Å². The van der Waals surface area contributed by atoms with Crippen molar-refractivity contribution in [2.45, 2.75) is 19.6 Å². The second kappa shape index (κ2) is 8.14. The van der Waals surface area contributed by atoms with E-state index in [9.17, 15) is 22.8 Å². The number of halogens is 3. The molecule has 31 heavy (non-hydrogen) atoms. The van der Waals surface area contributed by atoms with Crippen molar-refractivity contribution >= 4 is 23.2 Å². The highest BCUT2D eigenvalue weighted by Gasteiger charge is 2.32. The highest BCUT2D eigenvalue weighted by molar-refractivity contribution is 6.05. The van der Waals surface area contributed by atoms with Gasteiger partial charge in [0.15, 0.2) is 17.7 Å². The third-order valence-electron chi connectivity index (χ3n) is 4.86. The number of hydrogen-bond donors (Lipinski definition) is 1. The monoisotopic (exact) mass is 426 g/mol. The van der Waals surface area contributed by atoms with Crippen LogP contribution in [-0.2, 0) is 11.3 Å². The first-order chi connectivity index (χ1) is 14.8. The van der Waals surface area contributed by atoms with Crippen molar-refractivity contribution in [2.24, 2.45) is 0 Å². The zero-order valence-electron chi connectivity index (χ0n) is 16.4. The summed E-state index contributed by atoms with van der Waals surface area (Å²) in [7, 11) is 0. The van der Waals surface area contributed by atoms with Crippen LogP contribution in [0.3, 0.4) is 0 Å².